The van der Waals surface area contributed by atoms with Crippen LogP contribution in [0.2, 0.25) is 0 Å². The summed E-state index contributed by atoms with van der Waals surface area (Å²) in [5.74, 6) is 0. The summed E-state index contributed by atoms with van der Waals surface area (Å²) in [7, 11) is 0. The lowest BCUT2D eigenvalue weighted by Gasteiger charge is -2.02. The molecule has 1 aliphatic heterocycles. The van der Waals surface area contributed by atoms with Crippen LogP contribution in [0.3, 0.4) is 0 Å². The molecule has 0 saturated heterocycles. The van der Waals surface area contributed by atoms with Crippen molar-refractivity contribution in [1.29, 1.82) is 0 Å². The molecule has 4 N–H and O–H groups in total. The molecule has 0 saturated carbocycles. The van der Waals surface area contributed by atoms with Gasteiger partial charge in [-0.3, -0.25) is 0 Å². The van der Waals surface area contributed by atoms with Crippen LogP contribution in [0.5, 0.6) is 0 Å². The molecule has 1 aliphatic rings. The summed E-state index contributed by atoms with van der Waals surface area (Å²) in [6.07, 6.45) is 3.43. The van der Waals surface area contributed by atoms with Gasteiger partial charge in [-0.15, -0.1) is 0 Å². The van der Waals surface area contributed by atoms with Crippen LogP contribution in [-0.2, 0) is 0 Å². The highest BCUT2D eigenvalue weighted by molar-refractivity contribution is 5.91. The molecule has 0 aromatic rings. The highest BCUT2D eigenvalue weighted by Crippen LogP contribution is 1.69. The van der Waals surface area contributed by atoms with Gasteiger partial charge < -0.3 is 11.1 Å². The summed E-state index contributed by atoms with van der Waals surface area (Å²) in [6.45, 7) is 2.95. The molecular formula is C6H12N3+. The fourth-order valence-corrected chi connectivity index (χ4v) is 0.831. The number of nitrogens with one attached hydrogen (secondary N) is 2. The predicted molar refractivity (Wildman–Crippen MR) is 37.0 cm³/mol. The van der Waals surface area contributed by atoms with Gasteiger partial charge in [0.05, 0.1) is 13.1 Å². The fraction of sp³-hybridized carbons (Fsp3) is 0.500. The van der Waals surface area contributed by atoms with Crippen LogP contribution in [-0.4, -0.2) is 25.3 Å². The Morgan fingerprint density at radius 2 is 2.56 bits per heavy atom. The molecule has 0 unspecified atom stereocenters. The van der Waals surface area contributed by atoms with Crippen molar-refractivity contribution in [2.75, 3.05) is 19.6 Å². The van der Waals surface area contributed by atoms with E-state index in [-0.39, 0.29) is 0 Å². The lowest BCUT2D eigenvalue weighted by atomic mass is 10.3. The zero-order chi connectivity index (χ0) is 6.53. The van der Waals surface area contributed by atoms with Gasteiger partial charge in [0.2, 0.25) is 0 Å². The second kappa shape index (κ2) is 3.25. The Morgan fingerprint density at radius 3 is 3.11 bits per heavy atom. The van der Waals surface area contributed by atoms with Gasteiger partial charge in [0.15, 0.2) is 12.3 Å². The van der Waals surface area contributed by atoms with Gasteiger partial charge in [0.1, 0.15) is 0 Å². The molecule has 0 amide bonds. The van der Waals surface area contributed by atoms with Crippen molar-refractivity contribution in [3.8, 4) is 0 Å². The Balaban J connectivity index is 2.46. The van der Waals surface area contributed by atoms with Gasteiger partial charge in [-0.25, -0.2) is 4.99 Å². The third kappa shape index (κ3) is 1.85. The predicted octanol–water partition coefficient (Wildman–Crippen LogP) is -2.42. The second-order valence-corrected chi connectivity index (χ2v) is 1.99. The molecule has 9 heavy (non-hydrogen) atoms. The van der Waals surface area contributed by atoms with E-state index in [2.05, 4.69) is 10.3 Å². The van der Waals surface area contributed by atoms with E-state index < -0.39 is 0 Å². The zero-order valence-electron chi connectivity index (χ0n) is 5.35. The van der Waals surface area contributed by atoms with E-state index in [0.717, 1.165) is 19.6 Å². The van der Waals surface area contributed by atoms with Crippen LogP contribution >= 0.6 is 0 Å². The standard InChI is InChI=1S/C6H11N3/c7-2-1-6-5-8-3-4-9-6/h1-2,8H,3-5,7H2/p+1. The number of hydrogen-bond donors (Lipinski definition) is 3. The summed E-state index contributed by atoms with van der Waals surface area (Å²) in [5, 5.41) is 3.21. The molecular weight excluding hydrogens is 114 g/mol. The summed E-state index contributed by atoms with van der Waals surface area (Å²) >= 11 is 0. The van der Waals surface area contributed by atoms with Crippen LogP contribution in [0.1, 0.15) is 0 Å². The summed E-state index contributed by atoms with van der Waals surface area (Å²) in [5.41, 5.74) is 6.36. The van der Waals surface area contributed by atoms with Crippen molar-refractivity contribution < 1.29 is 4.99 Å². The van der Waals surface area contributed by atoms with Crippen molar-refractivity contribution in [3.63, 3.8) is 0 Å². The minimum atomic E-state index is 0.910. The van der Waals surface area contributed by atoms with Crippen molar-refractivity contribution in [2.45, 2.75) is 0 Å². The first-order chi connectivity index (χ1) is 4.43. The second-order valence-electron chi connectivity index (χ2n) is 1.99. The molecule has 0 bridgehead atoms. The van der Waals surface area contributed by atoms with E-state index in [1.807, 2.05) is 6.08 Å². The highest BCUT2D eigenvalue weighted by atomic mass is 15.0. The first-order valence-electron chi connectivity index (χ1n) is 3.12. The SMILES string of the molecule is NC=CC1=[NH+]CCNC1. The van der Waals surface area contributed by atoms with Crippen molar-refractivity contribution in [1.82, 2.24) is 5.32 Å². The molecule has 1 heterocycles. The number of nitrogens with two attached hydrogens (primary N) is 1. The molecule has 0 atom stereocenters. The Hall–Kier alpha value is -0.830. The Kier molecular flexibility index (Phi) is 2.27. The van der Waals surface area contributed by atoms with E-state index >= 15 is 0 Å². The topological polar surface area (TPSA) is 52.0 Å². The van der Waals surface area contributed by atoms with Gasteiger partial charge in [0, 0.05) is 12.3 Å². The molecule has 0 radical (unpaired) electrons. The van der Waals surface area contributed by atoms with Gasteiger partial charge in [-0.05, 0) is 0 Å². The maximum Gasteiger partial charge on any atom is 0.189 e. The smallest absolute Gasteiger partial charge is 0.189 e. The first-order valence-corrected chi connectivity index (χ1v) is 3.12. The number of rotatable bonds is 1. The Morgan fingerprint density at radius 1 is 1.67 bits per heavy atom. The van der Waals surface area contributed by atoms with E-state index in [1.165, 1.54) is 5.71 Å². The molecule has 0 fully saturated rings. The average molecular weight is 126 g/mol. The number of hydrogen-bond acceptors (Lipinski definition) is 2. The summed E-state index contributed by atoms with van der Waals surface area (Å²) < 4.78 is 0. The molecule has 3 heteroatoms. The minimum Gasteiger partial charge on any atom is -0.404 e. The molecule has 0 aromatic heterocycles. The van der Waals surface area contributed by atoms with Crippen LogP contribution in [0.4, 0.5) is 0 Å². The van der Waals surface area contributed by atoms with Crippen LogP contribution in [0.25, 0.3) is 0 Å². The quantitative estimate of drug-likeness (QED) is 0.366. The molecule has 0 spiro atoms. The molecule has 50 valence electrons. The van der Waals surface area contributed by atoms with Gasteiger partial charge in [0.25, 0.3) is 0 Å². The average Bonchev–Trinajstić information content (AvgIpc) is 1.91. The third-order valence-electron chi connectivity index (χ3n) is 1.27. The third-order valence-corrected chi connectivity index (χ3v) is 1.27. The van der Waals surface area contributed by atoms with E-state index in [0.29, 0.717) is 0 Å². The van der Waals surface area contributed by atoms with Crippen molar-refractivity contribution in [2.24, 2.45) is 5.73 Å². The van der Waals surface area contributed by atoms with Crippen molar-refractivity contribution >= 4 is 5.71 Å². The van der Waals surface area contributed by atoms with Crippen LogP contribution in [0.15, 0.2) is 12.3 Å². The molecule has 1 rings (SSSR count). The van der Waals surface area contributed by atoms with Crippen molar-refractivity contribution in [3.05, 3.63) is 12.3 Å². The van der Waals surface area contributed by atoms with E-state index in [9.17, 15) is 0 Å². The lowest BCUT2D eigenvalue weighted by molar-refractivity contribution is -0.458. The first kappa shape index (κ1) is 6.29. The lowest BCUT2D eigenvalue weighted by Crippen LogP contribution is -2.79. The Labute approximate surface area is 54.7 Å². The largest absolute Gasteiger partial charge is 0.404 e. The molecule has 3 nitrogen and oxygen atoms in total. The van der Waals surface area contributed by atoms with Crippen LogP contribution < -0.4 is 16.0 Å². The van der Waals surface area contributed by atoms with Crippen LogP contribution in [0, 0.1) is 0 Å². The molecule has 0 aliphatic carbocycles. The van der Waals surface area contributed by atoms with E-state index in [4.69, 9.17) is 5.73 Å². The van der Waals surface area contributed by atoms with E-state index in [1.54, 1.807) is 6.20 Å². The normalized spacial score (nSPS) is 20.2. The van der Waals surface area contributed by atoms with Gasteiger partial charge in [-0.2, -0.15) is 0 Å². The summed E-state index contributed by atoms with van der Waals surface area (Å²) in [6, 6.07) is 0. The van der Waals surface area contributed by atoms with Gasteiger partial charge in [-0.1, -0.05) is 0 Å². The maximum atomic E-state index is 5.19. The highest BCUT2D eigenvalue weighted by Gasteiger charge is 2.04. The van der Waals surface area contributed by atoms with Gasteiger partial charge >= 0.3 is 0 Å². The fourth-order valence-electron chi connectivity index (χ4n) is 0.831. The Bertz CT molecular complexity index is 137. The monoisotopic (exact) mass is 126 g/mol. The maximum absolute atomic E-state index is 5.19. The zero-order valence-corrected chi connectivity index (χ0v) is 5.35. The minimum absolute atomic E-state index is 0.910. The molecule has 0 aromatic carbocycles. The summed E-state index contributed by atoms with van der Waals surface area (Å²) in [4.78, 5) is 3.21.